The molecule has 1 N–H and O–H groups in total. The fourth-order valence-electron chi connectivity index (χ4n) is 3.67. The van der Waals surface area contributed by atoms with Crippen LogP contribution in [0.1, 0.15) is 57.1 Å². The highest BCUT2D eigenvalue weighted by Gasteiger charge is 2.36. The number of anilines is 1. The third kappa shape index (κ3) is 3.65. The van der Waals surface area contributed by atoms with E-state index in [4.69, 9.17) is 0 Å². The number of unbranched alkanes of at least 4 members (excludes halogenated alkanes) is 2. The van der Waals surface area contributed by atoms with Crippen molar-refractivity contribution in [3.63, 3.8) is 0 Å². The monoisotopic (exact) mass is 386 g/mol. The molecule has 7 heteroatoms. The quantitative estimate of drug-likeness (QED) is 0.575. The summed E-state index contributed by atoms with van der Waals surface area (Å²) >= 11 is 1.64. The second kappa shape index (κ2) is 7.84. The predicted octanol–water partition coefficient (Wildman–Crippen LogP) is 4.72. The number of carbonyl (C=O) groups excluding carboxylic acids is 1. The highest BCUT2D eigenvalue weighted by atomic mass is 32.2. The molecule has 2 aromatic rings. The zero-order valence-electron chi connectivity index (χ0n) is 15.4. The van der Waals surface area contributed by atoms with Gasteiger partial charge in [-0.05, 0) is 37.0 Å². The Kier molecular flexibility index (Phi) is 5.29. The summed E-state index contributed by atoms with van der Waals surface area (Å²) in [6, 6.07) is 5.99. The van der Waals surface area contributed by atoms with E-state index >= 15 is 0 Å². The van der Waals surface area contributed by atoms with Crippen LogP contribution >= 0.6 is 11.8 Å². The lowest BCUT2D eigenvalue weighted by Crippen LogP contribution is -2.31. The van der Waals surface area contributed by atoms with E-state index in [2.05, 4.69) is 22.3 Å². The van der Waals surface area contributed by atoms with Crippen molar-refractivity contribution in [2.24, 2.45) is 0 Å². The molecule has 0 saturated carbocycles. The molecule has 0 saturated heterocycles. The van der Waals surface area contributed by atoms with E-state index < -0.39 is 0 Å². The zero-order chi connectivity index (χ0) is 18.8. The minimum Gasteiger partial charge on any atom is -0.328 e. The molecule has 1 atom stereocenters. The van der Waals surface area contributed by atoms with Gasteiger partial charge < -0.3 is 5.32 Å². The summed E-state index contributed by atoms with van der Waals surface area (Å²) < 4.78 is 15.2. The first-order valence-corrected chi connectivity index (χ1v) is 10.5. The molecular formula is C20H23FN4OS. The van der Waals surface area contributed by atoms with E-state index in [0.717, 1.165) is 41.8 Å². The summed E-state index contributed by atoms with van der Waals surface area (Å²) in [5.41, 5.74) is 2.53. The average molecular weight is 386 g/mol. The molecule has 1 aliphatic carbocycles. The summed E-state index contributed by atoms with van der Waals surface area (Å²) in [5, 5.41) is 8.72. The van der Waals surface area contributed by atoms with Gasteiger partial charge in [-0.25, -0.2) is 9.07 Å². The van der Waals surface area contributed by atoms with Crippen LogP contribution in [-0.2, 0) is 4.79 Å². The Labute approximate surface area is 162 Å². The van der Waals surface area contributed by atoms with E-state index in [1.54, 1.807) is 28.6 Å². The number of halogens is 1. The third-order valence-electron chi connectivity index (χ3n) is 5.01. The number of allylic oxidation sites excluding steroid dienone is 2. The summed E-state index contributed by atoms with van der Waals surface area (Å²) in [4.78, 5) is 17.3. The highest BCUT2D eigenvalue weighted by Crippen LogP contribution is 2.40. The van der Waals surface area contributed by atoms with Gasteiger partial charge in [-0.2, -0.15) is 4.98 Å². The van der Waals surface area contributed by atoms with E-state index in [1.165, 1.54) is 25.0 Å². The number of benzene rings is 1. The maximum absolute atomic E-state index is 13.4. The maximum atomic E-state index is 13.4. The Morgan fingerprint density at radius 1 is 1.26 bits per heavy atom. The molecule has 2 heterocycles. The van der Waals surface area contributed by atoms with Crippen LogP contribution in [0.25, 0.3) is 0 Å². The molecule has 1 aromatic carbocycles. The maximum Gasteiger partial charge on any atom is 0.227 e. The van der Waals surface area contributed by atoms with Gasteiger partial charge in [0.2, 0.25) is 11.1 Å². The SMILES string of the molecule is CCCCCSc1nc2n(n1)[C@@H](c1ccc(F)cc1)C1=C(CCCC1=O)N2. The molecule has 27 heavy (non-hydrogen) atoms. The van der Waals surface area contributed by atoms with Gasteiger partial charge in [-0.15, -0.1) is 5.10 Å². The molecule has 1 aliphatic heterocycles. The van der Waals surface area contributed by atoms with Crippen molar-refractivity contribution in [1.29, 1.82) is 0 Å². The Balaban J connectivity index is 1.70. The topological polar surface area (TPSA) is 59.8 Å². The van der Waals surface area contributed by atoms with Crippen molar-refractivity contribution in [3.8, 4) is 0 Å². The number of Topliss-reactive ketones (excluding diaryl/α,β-unsaturated/α-hetero) is 1. The van der Waals surface area contributed by atoms with Crippen LogP contribution in [0.2, 0.25) is 0 Å². The molecule has 142 valence electrons. The van der Waals surface area contributed by atoms with E-state index in [1.807, 2.05) is 0 Å². The van der Waals surface area contributed by atoms with Gasteiger partial charge in [0, 0.05) is 23.4 Å². The van der Waals surface area contributed by atoms with Gasteiger partial charge in [-0.3, -0.25) is 4.79 Å². The number of thioether (sulfide) groups is 1. The molecule has 4 rings (SSSR count). The van der Waals surface area contributed by atoms with Crippen LogP contribution in [0, 0.1) is 5.82 Å². The summed E-state index contributed by atoms with van der Waals surface area (Å²) in [7, 11) is 0. The Morgan fingerprint density at radius 3 is 2.85 bits per heavy atom. The second-order valence-corrected chi connectivity index (χ2v) is 8.03. The number of carbonyl (C=O) groups is 1. The van der Waals surface area contributed by atoms with E-state index in [9.17, 15) is 9.18 Å². The number of nitrogens with zero attached hydrogens (tertiary/aromatic N) is 3. The van der Waals surface area contributed by atoms with Crippen molar-refractivity contribution in [2.45, 2.75) is 56.6 Å². The Morgan fingerprint density at radius 2 is 2.07 bits per heavy atom. The average Bonchev–Trinajstić information content (AvgIpc) is 3.07. The van der Waals surface area contributed by atoms with Gasteiger partial charge in [0.1, 0.15) is 11.9 Å². The molecule has 0 spiro atoms. The minimum absolute atomic E-state index is 0.136. The zero-order valence-corrected chi connectivity index (χ0v) is 16.2. The number of fused-ring (bicyclic) bond motifs is 1. The molecule has 0 fully saturated rings. The van der Waals surface area contributed by atoms with Gasteiger partial charge >= 0.3 is 0 Å². The summed E-state index contributed by atoms with van der Waals surface area (Å²) in [6.45, 7) is 2.18. The third-order valence-corrected chi connectivity index (χ3v) is 5.94. The number of hydrogen-bond donors (Lipinski definition) is 1. The number of nitrogens with one attached hydrogen (secondary N) is 1. The smallest absolute Gasteiger partial charge is 0.227 e. The van der Waals surface area contributed by atoms with Crippen LogP contribution in [0.4, 0.5) is 10.3 Å². The molecule has 0 unspecified atom stereocenters. The van der Waals surface area contributed by atoms with Crippen molar-refractivity contribution in [2.75, 3.05) is 11.1 Å². The number of rotatable bonds is 6. The van der Waals surface area contributed by atoms with Crippen molar-refractivity contribution < 1.29 is 9.18 Å². The minimum atomic E-state index is -0.345. The number of hydrogen-bond acceptors (Lipinski definition) is 5. The van der Waals surface area contributed by atoms with Crippen molar-refractivity contribution in [1.82, 2.24) is 14.8 Å². The number of aromatic nitrogens is 3. The fraction of sp³-hybridized carbons (Fsp3) is 0.450. The molecular weight excluding hydrogens is 363 g/mol. The van der Waals surface area contributed by atoms with E-state index in [-0.39, 0.29) is 17.6 Å². The fourth-order valence-corrected chi connectivity index (χ4v) is 4.49. The van der Waals surface area contributed by atoms with Gasteiger partial charge in [-0.1, -0.05) is 43.7 Å². The number of ketones is 1. The molecule has 0 radical (unpaired) electrons. The first-order valence-electron chi connectivity index (χ1n) is 9.55. The van der Waals surface area contributed by atoms with Gasteiger partial charge in [0.15, 0.2) is 5.78 Å². The summed E-state index contributed by atoms with van der Waals surface area (Å²) in [6.07, 6.45) is 5.72. The molecule has 0 amide bonds. The van der Waals surface area contributed by atoms with Crippen molar-refractivity contribution >= 4 is 23.5 Å². The first kappa shape index (κ1) is 18.2. The van der Waals surface area contributed by atoms with Crippen LogP contribution < -0.4 is 5.32 Å². The molecule has 5 nitrogen and oxygen atoms in total. The summed E-state index contributed by atoms with van der Waals surface area (Å²) in [5.74, 6) is 1.49. The van der Waals surface area contributed by atoms with Crippen LogP contribution in [0.15, 0.2) is 40.7 Å². The normalized spacial score (nSPS) is 18.9. The predicted molar refractivity (Wildman–Crippen MR) is 104 cm³/mol. The standard InChI is InChI=1S/C20H23FN4OS/c1-2-3-4-12-27-20-23-19-22-15-6-5-7-16(26)17(15)18(25(19)24-20)13-8-10-14(21)11-9-13/h8-11,18H,2-7,12H2,1H3,(H,22,23,24)/t18-/m0/s1. The van der Waals surface area contributed by atoms with E-state index in [0.29, 0.717) is 17.5 Å². The van der Waals surface area contributed by atoms with Gasteiger partial charge in [0.25, 0.3) is 0 Å². The molecule has 0 bridgehead atoms. The van der Waals surface area contributed by atoms with Gasteiger partial charge in [0.05, 0.1) is 0 Å². The van der Waals surface area contributed by atoms with Crippen LogP contribution in [0.3, 0.4) is 0 Å². The van der Waals surface area contributed by atoms with Crippen molar-refractivity contribution in [3.05, 3.63) is 46.9 Å². The Bertz CT molecular complexity index is 875. The molecule has 1 aromatic heterocycles. The highest BCUT2D eigenvalue weighted by molar-refractivity contribution is 7.99. The Hall–Kier alpha value is -2.15. The lowest BCUT2D eigenvalue weighted by Gasteiger charge is -2.32. The second-order valence-electron chi connectivity index (χ2n) is 6.97. The largest absolute Gasteiger partial charge is 0.328 e. The first-order chi connectivity index (χ1) is 13.2. The van der Waals surface area contributed by atoms with Crippen LogP contribution in [0.5, 0.6) is 0 Å². The van der Waals surface area contributed by atoms with Crippen LogP contribution in [-0.4, -0.2) is 26.3 Å². The molecule has 2 aliphatic rings. The lowest BCUT2D eigenvalue weighted by atomic mass is 9.85. The lowest BCUT2D eigenvalue weighted by molar-refractivity contribution is -0.116.